The van der Waals surface area contributed by atoms with E-state index in [-0.39, 0.29) is 28.9 Å². The first-order chi connectivity index (χ1) is 19.3. The molecule has 220 valence electrons. The maximum Gasteiger partial charge on any atom is 0.382 e. The van der Waals surface area contributed by atoms with Crippen molar-refractivity contribution in [3.63, 3.8) is 0 Å². The Morgan fingerprint density at radius 1 is 1.17 bits per heavy atom. The highest BCUT2D eigenvalue weighted by Crippen LogP contribution is 2.47. The summed E-state index contributed by atoms with van der Waals surface area (Å²) in [5, 5.41) is 16.0. The second-order valence-electron chi connectivity index (χ2n) is 9.80. The molecule has 0 saturated heterocycles. The molecule has 1 aliphatic rings. The first-order valence-corrected chi connectivity index (χ1v) is 13.3. The van der Waals surface area contributed by atoms with E-state index in [1.165, 1.54) is 32.4 Å². The van der Waals surface area contributed by atoms with Gasteiger partial charge in [0.25, 0.3) is 0 Å². The fourth-order valence-electron chi connectivity index (χ4n) is 4.78. The zero-order chi connectivity index (χ0) is 30.1. The van der Waals surface area contributed by atoms with Gasteiger partial charge in [0.2, 0.25) is 11.7 Å². The van der Waals surface area contributed by atoms with Gasteiger partial charge in [-0.2, -0.15) is 8.78 Å². The van der Waals surface area contributed by atoms with Crippen LogP contribution in [0.3, 0.4) is 0 Å². The van der Waals surface area contributed by atoms with E-state index in [2.05, 4.69) is 15.5 Å². The number of aromatic nitrogens is 3. The number of benzene rings is 2. The highest BCUT2D eigenvalue weighted by Gasteiger charge is 2.42. The van der Waals surface area contributed by atoms with Crippen LogP contribution in [0.5, 0.6) is 11.5 Å². The van der Waals surface area contributed by atoms with Gasteiger partial charge in [-0.15, -0.1) is 10.2 Å². The lowest BCUT2D eigenvalue weighted by Gasteiger charge is -2.25. The number of nitrogens with one attached hydrogen (secondary N) is 1. The molecule has 0 radical (unpaired) electrons. The molecule has 2 aromatic carbocycles. The summed E-state index contributed by atoms with van der Waals surface area (Å²) in [5.41, 5.74) is 0.964. The van der Waals surface area contributed by atoms with Crippen LogP contribution in [0.4, 0.5) is 8.78 Å². The second-order valence-corrected chi connectivity index (χ2v) is 10.7. The summed E-state index contributed by atoms with van der Waals surface area (Å²) in [6, 6.07) is 8.41. The summed E-state index contributed by atoms with van der Waals surface area (Å²) < 4.78 is 47.7. The number of amides is 1. The number of aliphatic carboxylic acids is 1. The van der Waals surface area contributed by atoms with E-state index in [0.29, 0.717) is 22.6 Å². The van der Waals surface area contributed by atoms with Gasteiger partial charge in [0, 0.05) is 16.1 Å². The van der Waals surface area contributed by atoms with E-state index in [4.69, 9.17) is 37.4 Å². The SMILES string of the molecule is COc1cccc([C@H]2O[C@H](CC(=O)N[C@@H](CC(C)C)C(=O)O)c3nnc(C(F)(F)Cl)n3-c3ccc(Cl)cc32)c1OC. The van der Waals surface area contributed by atoms with Gasteiger partial charge >= 0.3 is 11.4 Å². The van der Waals surface area contributed by atoms with Crippen molar-refractivity contribution >= 4 is 35.1 Å². The Morgan fingerprint density at radius 3 is 2.51 bits per heavy atom. The summed E-state index contributed by atoms with van der Waals surface area (Å²) in [6.07, 6.45) is -2.61. The number of fused-ring (bicyclic) bond motifs is 3. The van der Waals surface area contributed by atoms with Gasteiger partial charge in [0.15, 0.2) is 17.3 Å². The highest BCUT2D eigenvalue weighted by molar-refractivity contribution is 6.30. The fourth-order valence-corrected chi connectivity index (χ4v) is 5.08. The van der Waals surface area contributed by atoms with Crippen molar-refractivity contribution in [2.75, 3.05) is 14.2 Å². The molecule has 3 aromatic rings. The van der Waals surface area contributed by atoms with E-state index in [1.54, 1.807) is 18.2 Å². The number of halogens is 4. The molecule has 3 atom stereocenters. The molecule has 0 bridgehead atoms. The molecule has 4 rings (SSSR count). The first-order valence-electron chi connectivity index (χ1n) is 12.6. The third kappa shape index (κ3) is 6.39. The van der Waals surface area contributed by atoms with Gasteiger partial charge in [0.1, 0.15) is 18.2 Å². The van der Waals surface area contributed by atoms with Gasteiger partial charge in [-0.05, 0) is 48.2 Å². The van der Waals surface area contributed by atoms with Gasteiger partial charge in [0.05, 0.1) is 26.3 Å². The van der Waals surface area contributed by atoms with Crippen LogP contribution < -0.4 is 14.8 Å². The Morgan fingerprint density at radius 2 is 1.90 bits per heavy atom. The quantitative estimate of drug-likeness (QED) is 0.292. The molecule has 1 aliphatic heterocycles. The molecule has 2 N–H and O–H groups in total. The van der Waals surface area contributed by atoms with Crippen molar-refractivity contribution in [1.29, 1.82) is 0 Å². The normalized spacial score (nSPS) is 17.3. The lowest BCUT2D eigenvalue weighted by molar-refractivity contribution is -0.143. The van der Waals surface area contributed by atoms with E-state index >= 15 is 0 Å². The van der Waals surface area contributed by atoms with Gasteiger partial charge in [-0.25, -0.2) is 4.79 Å². The number of carboxylic acid groups (broad SMARTS) is 1. The largest absolute Gasteiger partial charge is 0.493 e. The summed E-state index contributed by atoms with van der Waals surface area (Å²) in [6.45, 7) is 3.64. The van der Waals surface area contributed by atoms with Gasteiger partial charge in [-0.3, -0.25) is 9.36 Å². The molecule has 14 heteroatoms. The number of alkyl halides is 3. The van der Waals surface area contributed by atoms with Crippen LogP contribution in [0.25, 0.3) is 5.69 Å². The second kappa shape index (κ2) is 12.2. The minimum atomic E-state index is -3.94. The molecule has 0 aliphatic carbocycles. The maximum absolute atomic E-state index is 14.6. The van der Waals surface area contributed by atoms with Crippen molar-refractivity contribution in [2.24, 2.45) is 5.92 Å². The fraction of sp³-hybridized carbons (Fsp3) is 0.407. The Bertz CT molecular complexity index is 1450. The standard InChI is InChI=1S/C27H28Cl2F2N4O6/c1-13(2)10-17(25(37)38)32-21(36)12-20-24-33-34-26(27(29,30)31)35(24)18-9-8-14(28)11-16(18)22(41-20)15-6-5-7-19(39-3)23(15)40-4/h5-9,11,13,17,20,22H,10,12H2,1-4H3,(H,32,36)(H,37,38)/t17-,20+,22+/m0/s1. The van der Waals surface area contributed by atoms with Crippen LogP contribution in [-0.2, 0) is 19.7 Å². The molecule has 10 nitrogen and oxygen atoms in total. The van der Waals surface area contributed by atoms with Crippen molar-refractivity contribution in [3.8, 4) is 17.2 Å². The van der Waals surface area contributed by atoms with Crippen molar-refractivity contribution < 1.29 is 37.7 Å². The summed E-state index contributed by atoms with van der Waals surface area (Å²) in [7, 11) is 2.89. The Balaban J connectivity index is 1.89. The number of carbonyl (C=O) groups excluding carboxylic acids is 1. The van der Waals surface area contributed by atoms with Gasteiger partial charge in [-0.1, -0.05) is 37.6 Å². The molecule has 0 spiro atoms. The van der Waals surface area contributed by atoms with E-state index in [1.807, 2.05) is 13.8 Å². The lowest BCUT2D eigenvalue weighted by atomic mass is 9.98. The lowest BCUT2D eigenvalue weighted by Crippen LogP contribution is -2.42. The molecule has 1 amide bonds. The minimum absolute atomic E-state index is 0.0220. The molecule has 41 heavy (non-hydrogen) atoms. The average molecular weight is 613 g/mol. The number of ether oxygens (including phenoxy) is 3. The number of para-hydroxylation sites is 1. The van der Waals surface area contributed by atoms with E-state index < -0.39 is 47.8 Å². The average Bonchev–Trinajstić information content (AvgIpc) is 3.31. The monoisotopic (exact) mass is 612 g/mol. The molecular weight excluding hydrogens is 585 g/mol. The predicted molar refractivity (Wildman–Crippen MR) is 145 cm³/mol. The number of nitrogens with zero attached hydrogens (tertiary/aromatic N) is 3. The zero-order valence-electron chi connectivity index (χ0n) is 22.5. The molecular formula is C27H28Cl2F2N4O6. The van der Waals surface area contributed by atoms with Crippen LogP contribution in [0.15, 0.2) is 36.4 Å². The number of rotatable bonds is 10. The van der Waals surface area contributed by atoms with Crippen LogP contribution >= 0.6 is 23.2 Å². The molecule has 0 saturated carbocycles. The minimum Gasteiger partial charge on any atom is -0.493 e. The van der Waals surface area contributed by atoms with Crippen molar-refractivity contribution in [2.45, 2.75) is 50.3 Å². The third-order valence-electron chi connectivity index (χ3n) is 6.47. The van der Waals surface area contributed by atoms with Crippen LogP contribution in [0.2, 0.25) is 5.02 Å². The van der Waals surface area contributed by atoms with Gasteiger partial charge < -0.3 is 24.6 Å². The molecule has 0 fully saturated rings. The third-order valence-corrected chi connectivity index (χ3v) is 6.87. The van der Waals surface area contributed by atoms with Crippen molar-refractivity contribution in [3.05, 3.63) is 64.2 Å². The topological polar surface area (TPSA) is 125 Å². The Hall–Kier alpha value is -3.48. The maximum atomic E-state index is 14.6. The molecule has 2 heterocycles. The Labute approximate surface area is 244 Å². The molecule has 1 aromatic heterocycles. The summed E-state index contributed by atoms with van der Waals surface area (Å²) >= 11 is 11.8. The zero-order valence-corrected chi connectivity index (χ0v) is 24.0. The number of carboxylic acids is 1. The van der Waals surface area contributed by atoms with Crippen LogP contribution in [-0.4, -0.2) is 52.0 Å². The summed E-state index contributed by atoms with van der Waals surface area (Å²) in [4.78, 5) is 24.9. The predicted octanol–water partition coefficient (Wildman–Crippen LogP) is 5.39. The Kier molecular flexibility index (Phi) is 9.05. The highest BCUT2D eigenvalue weighted by atomic mass is 35.5. The number of methoxy groups -OCH3 is 2. The summed E-state index contributed by atoms with van der Waals surface area (Å²) in [5.74, 6) is -2.28. The first kappa shape index (κ1) is 30.5. The number of hydrogen-bond donors (Lipinski definition) is 2. The van der Waals surface area contributed by atoms with Crippen LogP contribution in [0.1, 0.15) is 61.7 Å². The van der Waals surface area contributed by atoms with Crippen LogP contribution in [0, 0.1) is 5.92 Å². The van der Waals surface area contributed by atoms with E-state index in [0.717, 1.165) is 4.57 Å². The van der Waals surface area contributed by atoms with E-state index in [9.17, 15) is 23.5 Å². The number of hydrogen-bond acceptors (Lipinski definition) is 7. The molecule has 0 unspecified atom stereocenters. The number of carbonyl (C=O) groups is 2. The smallest absolute Gasteiger partial charge is 0.382 e. The van der Waals surface area contributed by atoms with Crippen molar-refractivity contribution in [1.82, 2.24) is 20.1 Å².